The Bertz CT molecular complexity index is 2270. The minimum absolute atomic E-state index is 0.108. The molecule has 6 aromatic carbocycles. The molecule has 45 heavy (non-hydrogen) atoms. The summed E-state index contributed by atoms with van der Waals surface area (Å²) in [5.41, 5.74) is 16.1. The summed E-state index contributed by atoms with van der Waals surface area (Å²) in [7, 11) is 0. The van der Waals surface area contributed by atoms with E-state index in [1.165, 1.54) is 61.7 Å². The van der Waals surface area contributed by atoms with E-state index in [0.29, 0.717) is 0 Å². The first kappa shape index (κ1) is 25.3. The third-order valence-corrected chi connectivity index (χ3v) is 11.6. The van der Waals surface area contributed by atoms with E-state index >= 15 is 0 Å². The van der Waals surface area contributed by atoms with Crippen LogP contribution in [0.25, 0.3) is 27.8 Å². The smallest absolute Gasteiger partial charge is 0.175 e. The maximum absolute atomic E-state index is 5.22. The molecule has 0 N–H and O–H groups in total. The molecule has 0 atom stereocenters. The van der Waals surface area contributed by atoms with Crippen molar-refractivity contribution in [2.24, 2.45) is 0 Å². The van der Waals surface area contributed by atoms with Gasteiger partial charge in [0.05, 0.1) is 28.1 Å². The van der Waals surface area contributed by atoms with E-state index in [9.17, 15) is 0 Å². The SMILES string of the molecule is CC1(C)c2ccccc2N(c2ccc3c(c2)C2(Sc4nc5ccccc5n4-3)c3ccccc3-c3ccccc32)c2ccccc21. The third-order valence-electron chi connectivity index (χ3n) is 10.2. The number of fused-ring (bicyclic) bond motifs is 13. The summed E-state index contributed by atoms with van der Waals surface area (Å²) < 4.78 is 1.93. The molecule has 3 aliphatic rings. The number of para-hydroxylation sites is 4. The molecule has 2 aliphatic heterocycles. The number of benzene rings is 6. The van der Waals surface area contributed by atoms with E-state index in [1.807, 2.05) is 11.8 Å². The molecular formula is C41H29N3S. The molecule has 10 rings (SSSR count). The molecule has 0 saturated carbocycles. The minimum Gasteiger partial charge on any atom is -0.310 e. The Morgan fingerprint density at radius 1 is 0.533 bits per heavy atom. The zero-order chi connectivity index (χ0) is 29.9. The van der Waals surface area contributed by atoms with Gasteiger partial charge < -0.3 is 4.90 Å². The highest BCUT2D eigenvalue weighted by Gasteiger charge is 2.51. The summed E-state index contributed by atoms with van der Waals surface area (Å²) in [5, 5.41) is 1.03. The Labute approximate surface area is 266 Å². The lowest BCUT2D eigenvalue weighted by Crippen LogP contribution is -2.32. The summed E-state index contributed by atoms with van der Waals surface area (Å²) >= 11 is 1.88. The Morgan fingerprint density at radius 2 is 1.09 bits per heavy atom. The van der Waals surface area contributed by atoms with E-state index in [-0.39, 0.29) is 5.41 Å². The van der Waals surface area contributed by atoms with Gasteiger partial charge in [-0.1, -0.05) is 123 Å². The Hall–Kier alpha value is -5.06. The van der Waals surface area contributed by atoms with E-state index in [2.05, 4.69) is 163 Å². The average Bonchev–Trinajstić information content (AvgIpc) is 3.59. The lowest BCUT2D eigenvalue weighted by molar-refractivity contribution is 0.632. The molecule has 1 aromatic heterocycles. The normalized spacial score (nSPS) is 16.0. The first-order valence-corrected chi connectivity index (χ1v) is 16.4. The van der Waals surface area contributed by atoms with Crippen molar-refractivity contribution in [1.82, 2.24) is 9.55 Å². The number of aromatic nitrogens is 2. The number of nitrogens with zero attached hydrogens (tertiary/aromatic N) is 3. The highest BCUT2D eigenvalue weighted by molar-refractivity contribution is 8.00. The fourth-order valence-corrected chi connectivity index (χ4v) is 9.73. The Kier molecular flexibility index (Phi) is 4.93. The van der Waals surface area contributed by atoms with Gasteiger partial charge in [-0.15, -0.1) is 0 Å². The molecule has 1 spiro atoms. The standard InChI is InChI=1S/C41H29N3S/c1-40(2)31-17-7-10-20-35(31)43(36-21-11-8-18-32(36)40)26-23-24-37-33(25-26)41(45-39-42-34-19-9-12-22-38(34)44(37)39)29-15-5-3-13-27(29)28-14-4-6-16-30(28)41/h3-25H,1-2H3. The predicted octanol–water partition coefficient (Wildman–Crippen LogP) is 10.5. The lowest BCUT2D eigenvalue weighted by Gasteiger charge is -2.43. The summed E-state index contributed by atoms with van der Waals surface area (Å²) in [6, 6.07) is 51.3. The molecule has 4 heteroatoms. The van der Waals surface area contributed by atoms with Crippen molar-refractivity contribution in [3.05, 3.63) is 167 Å². The number of imidazole rings is 1. The molecule has 3 heterocycles. The zero-order valence-corrected chi connectivity index (χ0v) is 25.8. The molecule has 0 radical (unpaired) electrons. The van der Waals surface area contributed by atoms with Gasteiger partial charge >= 0.3 is 0 Å². The van der Waals surface area contributed by atoms with E-state index in [0.717, 1.165) is 16.2 Å². The molecular weight excluding hydrogens is 567 g/mol. The fourth-order valence-electron chi connectivity index (χ4n) is 8.18. The third kappa shape index (κ3) is 3.15. The lowest BCUT2D eigenvalue weighted by atomic mass is 9.73. The van der Waals surface area contributed by atoms with Gasteiger partial charge in [-0.2, -0.15) is 0 Å². The van der Waals surface area contributed by atoms with Gasteiger partial charge in [0.25, 0.3) is 0 Å². The molecule has 7 aromatic rings. The van der Waals surface area contributed by atoms with E-state index < -0.39 is 4.75 Å². The highest BCUT2D eigenvalue weighted by atomic mass is 32.2. The number of rotatable bonds is 1. The fraction of sp³-hybridized carbons (Fsp3) is 0.0976. The van der Waals surface area contributed by atoms with Crippen molar-refractivity contribution < 1.29 is 0 Å². The topological polar surface area (TPSA) is 21.1 Å². The second-order valence-corrected chi connectivity index (χ2v) is 14.0. The van der Waals surface area contributed by atoms with Gasteiger partial charge in [0, 0.05) is 16.7 Å². The van der Waals surface area contributed by atoms with Crippen LogP contribution in [0.4, 0.5) is 17.1 Å². The summed E-state index contributed by atoms with van der Waals surface area (Å²) in [6.45, 7) is 4.69. The van der Waals surface area contributed by atoms with Crippen LogP contribution < -0.4 is 4.90 Å². The Morgan fingerprint density at radius 3 is 1.76 bits per heavy atom. The van der Waals surface area contributed by atoms with Crippen molar-refractivity contribution in [3.63, 3.8) is 0 Å². The molecule has 214 valence electrons. The van der Waals surface area contributed by atoms with Crippen LogP contribution in [0.3, 0.4) is 0 Å². The van der Waals surface area contributed by atoms with Gasteiger partial charge in [0.1, 0.15) is 4.75 Å². The van der Waals surface area contributed by atoms with Crippen LogP contribution in [0.5, 0.6) is 0 Å². The number of thioether (sulfide) groups is 1. The van der Waals surface area contributed by atoms with Crippen LogP contribution in [-0.4, -0.2) is 9.55 Å². The second kappa shape index (κ2) is 8.77. The predicted molar refractivity (Wildman–Crippen MR) is 185 cm³/mol. The maximum Gasteiger partial charge on any atom is 0.175 e. The van der Waals surface area contributed by atoms with Gasteiger partial charge in [-0.3, -0.25) is 4.57 Å². The second-order valence-electron chi connectivity index (χ2n) is 12.8. The van der Waals surface area contributed by atoms with Crippen molar-refractivity contribution >= 4 is 39.9 Å². The molecule has 0 fully saturated rings. The minimum atomic E-state index is -0.440. The van der Waals surface area contributed by atoms with Crippen molar-refractivity contribution in [2.45, 2.75) is 29.2 Å². The van der Waals surface area contributed by atoms with Crippen molar-refractivity contribution in [3.8, 4) is 16.8 Å². The Balaban J connectivity index is 1.31. The quantitative estimate of drug-likeness (QED) is 0.188. The number of hydrogen-bond donors (Lipinski definition) is 0. The van der Waals surface area contributed by atoms with E-state index in [4.69, 9.17) is 4.98 Å². The van der Waals surface area contributed by atoms with Gasteiger partial charge in [0.2, 0.25) is 0 Å². The van der Waals surface area contributed by atoms with Crippen molar-refractivity contribution in [2.75, 3.05) is 4.90 Å². The van der Waals surface area contributed by atoms with E-state index in [1.54, 1.807) is 0 Å². The van der Waals surface area contributed by atoms with Crippen LogP contribution >= 0.6 is 11.8 Å². The van der Waals surface area contributed by atoms with Crippen LogP contribution in [0.15, 0.2) is 145 Å². The van der Waals surface area contributed by atoms with Crippen molar-refractivity contribution in [1.29, 1.82) is 0 Å². The molecule has 0 bridgehead atoms. The molecule has 0 saturated heterocycles. The van der Waals surface area contributed by atoms with Crippen LogP contribution in [0.1, 0.15) is 41.7 Å². The van der Waals surface area contributed by atoms with Crippen LogP contribution in [0, 0.1) is 0 Å². The number of hydrogen-bond acceptors (Lipinski definition) is 3. The average molecular weight is 596 g/mol. The maximum atomic E-state index is 5.22. The summed E-state index contributed by atoms with van der Waals surface area (Å²) in [6.07, 6.45) is 0. The molecule has 0 unspecified atom stereocenters. The molecule has 3 nitrogen and oxygen atoms in total. The number of anilines is 3. The molecule has 1 aliphatic carbocycles. The summed E-state index contributed by atoms with van der Waals surface area (Å²) in [5.74, 6) is 0. The largest absolute Gasteiger partial charge is 0.310 e. The zero-order valence-electron chi connectivity index (χ0n) is 25.0. The first-order chi connectivity index (χ1) is 22.1. The summed E-state index contributed by atoms with van der Waals surface area (Å²) in [4.78, 5) is 7.70. The first-order valence-electron chi connectivity index (χ1n) is 15.6. The van der Waals surface area contributed by atoms with Gasteiger partial charge in [0.15, 0.2) is 5.16 Å². The monoisotopic (exact) mass is 595 g/mol. The van der Waals surface area contributed by atoms with Gasteiger partial charge in [-0.25, -0.2) is 4.98 Å². The van der Waals surface area contributed by atoms with Gasteiger partial charge in [-0.05, 0) is 75.8 Å². The highest BCUT2D eigenvalue weighted by Crippen LogP contribution is 2.64. The van der Waals surface area contributed by atoms with Crippen LogP contribution in [-0.2, 0) is 10.2 Å². The molecule has 0 amide bonds. The van der Waals surface area contributed by atoms with Crippen LogP contribution in [0.2, 0.25) is 0 Å².